The Labute approximate surface area is 216 Å². The van der Waals surface area contributed by atoms with E-state index in [2.05, 4.69) is 36.1 Å². The normalized spacial score (nSPS) is 14.6. The Morgan fingerprint density at radius 2 is 1.89 bits per heavy atom. The van der Waals surface area contributed by atoms with E-state index in [1.165, 1.54) is 6.20 Å². The second-order valence-corrected chi connectivity index (χ2v) is 9.32. The molecule has 3 heterocycles. The number of amides is 1. The van der Waals surface area contributed by atoms with Gasteiger partial charge in [-0.05, 0) is 52.5 Å². The van der Waals surface area contributed by atoms with Crippen LogP contribution in [0.5, 0.6) is 0 Å². The first-order valence-corrected chi connectivity index (χ1v) is 12.4. The predicted molar refractivity (Wildman–Crippen MR) is 143 cm³/mol. The Morgan fingerprint density at radius 3 is 2.64 bits per heavy atom. The van der Waals surface area contributed by atoms with Gasteiger partial charge in [-0.3, -0.25) is 14.2 Å². The van der Waals surface area contributed by atoms with E-state index in [1.807, 2.05) is 61.5 Å². The van der Waals surface area contributed by atoms with Crippen molar-refractivity contribution in [3.63, 3.8) is 0 Å². The van der Waals surface area contributed by atoms with E-state index in [0.29, 0.717) is 47.7 Å². The number of hydrogen-bond acceptors (Lipinski definition) is 7. The summed E-state index contributed by atoms with van der Waals surface area (Å²) in [5.74, 6) is -0.458. The van der Waals surface area contributed by atoms with Gasteiger partial charge in [0, 0.05) is 24.5 Å². The number of rotatable bonds is 5. The Bertz CT molecular complexity index is 1480. The van der Waals surface area contributed by atoms with Gasteiger partial charge < -0.3 is 20.7 Å². The highest BCUT2D eigenvalue weighted by Crippen LogP contribution is 2.28. The lowest BCUT2D eigenvalue weighted by atomic mass is 10.0. The molecule has 1 saturated heterocycles. The summed E-state index contributed by atoms with van der Waals surface area (Å²) in [6.45, 7) is 4.49. The fourth-order valence-corrected chi connectivity index (χ4v) is 4.76. The summed E-state index contributed by atoms with van der Waals surface area (Å²) >= 11 is 3.23. The van der Waals surface area contributed by atoms with Crippen molar-refractivity contribution in [2.75, 3.05) is 36.9 Å². The SMILES string of the molecule is C[C@H](NC(=O)c1nc(Br)cnc1N)c1cc2cccc(N3CCOCC3)c2c(=O)n1-c1ccccc1. The molecular formula is C26H25BrN6O3. The van der Waals surface area contributed by atoms with Crippen LogP contribution in [0.25, 0.3) is 16.5 Å². The summed E-state index contributed by atoms with van der Waals surface area (Å²) in [7, 11) is 0. The molecule has 0 aliphatic carbocycles. The summed E-state index contributed by atoms with van der Waals surface area (Å²) in [6.07, 6.45) is 1.43. The number of aromatic nitrogens is 3. The van der Waals surface area contributed by atoms with E-state index < -0.39 is 11.9 Å². The molecule has 1 atom stereocenters. The zero-order valence-electron chi connectivity index (χ0n) is 19.6. The molecule has 0 spiro atoms. The number of carbonyl (C=O) groups is 1. The summed E-state index contributed by atoms with van der Waals surface area (Å²) in [4.78, 5) is 37.5. The minimum atomic E-state index is -0.540. The number of nitrogens with one attached hydrogen (secondary N) is 1. The average molecular weight is 549 g/mol. The van der Waals surface area contributed by atoms with E-state index in [9.17, 15) is 9.59 Å². The van der Waals surface area contributed by atoms with Crippen molar-refractivity contribution in [3.8, 4) is 5.69 Å². The molecular weight excluding hydrogens is 524 g/mol. The van der Waals surface area contributed by atoms with Crippen LogP contribution in [0.2, 0.25) is 0 Å². The number of halogens is 1. The van der Waals surface area contributed by atoms with Crippen molar-refractivity contribution in [1.29, 1.82) is 0 Å². The fraction of sp³-hybridized carbons (Fsp3) is 0.231. The first-order chi connectivity index (χ1) is 17.4. The summed E-state index contributed by atoms with van der Waals surface area (Å²) < 4.78 is 7.57. The van der Waals surface area contributed by atoms with Gasteiger partial charge in [0.25, 0.3) is 11.5 Å². The highest BCUT2D eigenvalue weighted by Gasteiger charge is 2.23. The number of nitrogens with two attached hydrogens (primary N) is 1. The summed E-state index contributed by atoms with van der Waals surface area (Å²) in [6, 6.07) is 16.7. The third-order valence-electron chi connectivity index (χ3n) is 6.20. The number of para-hydroxylation sites is 1. The number of nitrogens with zero attached hydrogens (tertiary/aromatic N) is 4. The number of pyridine rings is 1. The maximum atomic E-state index is 14.1. The lowest BCUT2D eigenvalue weighted by Gasteiger charge is -2.30. The number of hydrogen-bond donors (Lipinski definition) is 2. The van der Waals surface area contributed by atoms with Gasteiger partial charge in [-0.25, -0.2) is 9.97 Å². The Hall–Kier alpha value is -3.76. The molecule has 1 fully saturated rings. The molecule has 0 unspecified atom stereocenters. The topological polar surface area (TPSA) is 115 Å². The van der Waals surface area contributed by atoms with Gasteiger partial charge in [-0.15, -0.1) is 0 Å². The maximum absolute atomic E-state index is 14.1. The Kier molecular flexibility index (Phi) is 6.71. The molecule has 4 aromatic rings. The molecule has 5 rings (SSSR count). The quantitative estimate of drug-likeness (QED) is 0.392. The van der Waals surface area contributed by atoms with Crippen molar-refractivity contribution in [2.45, 2.75) is 13.0 Å². The van der Waals surface area contributed by atoms with Gasteiger partial charge in [0.05, 0.1) is 36.5 Å². The van der Waals surface area contributed by atoms with Gasteiger partial charge in [0.15, 0.2) is 11.5 Å². The molecule has 1 aliphatic heterocycles. The standard InChI is InChI=1S/C26H25BrN6O3/c1-16(30-25(34)23-24(28)29-15-21(27)31-23)20-14-17-6-5-9-19(32-10-12-36-13-11-32)22(17)26(35)33(20)18-7-3-2-4-8-18/h2-9,14-16H,10-13H2,1H3,(H2,28,29)(H,30,34)/t16-/m0/s1. The molecule has 3 N–H and O–H groups in total. The van der Waals surface area contributed by atoms with Crippen molar-refractivity contribution < 1.29 is 9.53 Å². The molecule has 36 heavy (non-hydrogen) atoms. The van der Waals surface area contributed by atoms with Crippen molar-refractivity contribution in [3.05, 3.63) is 87.1 Å². The smallest absolute Gasteiger partial charge is 0.274 e. The van der Waals surface area contributed by atoms with E-state index in [4.69, 9.17) is 10.5 Å². The third kappa shape index (κ3) is 4.57. The molecule has 0 saturated carbocycles. The van der Waals surface area contributed by atoms with Crippen LogP contribution in [0, 0.1) is 0 Å². The molecule has 10 heteroatoms. The van der Waals surface area contributed by atoms with Gasteiger partial charge in [0.1, 0.15) is 4.60 Å². The first kappa shape index (κ1) is 24.0. The summed E-state index contributed by atoms with van der Waals surface area (Å²) in [5.41, 5.74) is 7.97. The van der Waals surface area contributed by atoms with Crippen LogP contribution >= 0.6 is 15.9 Å². The molecule has 2 aromatic carbocycles. The minimum Gasteiger partial charge on any atom is -0.382 e. The van der Waals surface area contributed by atoms with Gasteiger partial charge in [-0.2, -0.15) is 0 Å². The number of morpholine rings is 1. The highest BCUT2D eigenvalue weighted by molar-refractivity contribution is 9.10. The van der Waals surface area contributed by atoms with Crippen molar-refractivity contribution >= 4 is 44.1 Å². The van der Waals surface area contributed by atoms with Gasteiger partial charge >= 0.3 is 0 Å². The van der Waals surface area contributed by atoms with Crippen LogP contribution in [0.1, 0.15) is 29.1 Å². The van der Waals surface area contributed by atoms with Crippen LogP contribution in [0.3, 0.4) is 0 Å². The molecule has 0 radical (unpaired) electrons. The Morgan fingerprint density at radius 1 is 1.14 bits per heavy atom. The van der Waals surface area contributed by atoms with Crippen LogP contribution in [-0.4, -0.2) is 46.7 Å². The lowest BCUT2D eigenvalue weighted by Crippen LogP contribution is -2.37. The molecule has 1 amide bonds. The van der Waals surface area contributed by atoms with Crippen LogP contribution in [-0.2, 0) is 4.74 Å². The van der Waals surface area contributed by atoms with Crippen molar-refractivity contribution in [1.82, 2.24) is 19.9 Å². The zero-order chi connectivity index (χ0) is 25.2. The molecule has 2 aromatic heterocycles. The molecule has 1 aliphatic rings. The van der Waals surface area contributed by atoms with E-state index in [1.54, 1.807) is 4.57 Å². The second-order valence-electron chi connectivity index (χ2n) is 8.51. The number of ether oxygens (including phenoxy) is 1. The Balaban J connectivity index is 1.64. The molecule has 9 nitrogen and oxygen atoms in total. The molecule has 184 valence electrons. The first-order valence-electron chi connectivity index (χ1n) is 11.6. The van der Waals surface area contributed by atoms with Crippen LogP contribution < -0.4 is 21.5 Å². The number of fused-ring (bicyclic) bond motifs is 1. The highest BCUT2D eigenvalue weighted by atomic mass is 79.9. The monoisotopic (exact) mass is 548 g/mol. The van der Waals surface area contributed by atoms with E-state index in [-0.39, 0.29) is 17.1 Å². The van der Waals surface area contributed by atoms with E-state index >= 15 is 0 Å². The minimum absolute atomic E-state index is 0.0141. The fourth-order valence-electron chi connectivity index (χ4n) is 4.48. The number of nitrogen functional groups attached to an aromatic ring is 1. The number of carbonyl (C=O) groups excluding carboxylic acids is 1. The van der Waals surface area contributed by atoms with Crippen LogP contribution in [0.4, 0.5) is 11.5 Å². The molecule has 0 bridgehead atoms. The van der Waals surface area contributed by atoms with Crippen molar-refractivity contribution in [2.24, 2.45) is 0 Å². The van der Waals surface area contributed by atoms with Gasteiger partial charge in [-0.1, -0.05) is 30.3 Å². The summed E-state index contributed by atoms with van der Waals surface area (Å²) in [5, 5.41) is 4.36. The number of benzene rings is 2. The largest absolute Gasteiger partial charge is 0.382 e. The number of anilines is 2. The zero-order valence-corrected chi connectivity index (χ0v) is 21.2. The average Bonchev–Trinajstić information content (AvgIpc) is 2.90. The maximum Gasteiger partial charge on any atom is 0.274 e. The van der Waals surface area contributed by atoms with Gasteiger partial charge in [0.2, 0.25) is 0 Å². The third-order valence-corrected chi connectivity index (χ3v) is 6.58. The lowest BCUT2D eigenvalue weighted by molar-refractivity contribution is 0.0934. The van der Waals surface area contributed by atoms with E-state index in [0.717, 1.165) is 11.1 Å². The predicted octanol–water partition coefficient (Wildman–Crippen LogP) is 3.45. The second kappa shape index (κ2) is 10.1. The van der Waals surface area contributed by atoms with Crippen LogP contribution in [0.15, 0.2) is 70.2 Å².